The van der Waals surface area contributed by atoms with Crippen LogP contribution in [0.5, 0.6) is 0 Å². The van der Waals surface area contributed by atoms with E-state index in [0.717, 1.165) is 44.8 Å². The van der Waals surface area contributed by atoms with E-state index >= 15 is 0 Å². The van der Waals surface area contributed by atoms with Gasteiger partial charge in [-0.1, -0.05) is 12.8 Å². The molecule has 0 aromatic heterocycles. The monoisotopic (exact) mass is 351 g/mol. The van der Waals surface area contributed by atoms with Gasteiger partial charge in [-0.15, -0.1) is 24.8 Å². The summed E-state index contributed by atoms with van der Waals surface area (Å²) in [6.07, 6.45) is 9.40. The summed E-state index contributed by atoms with van der Waals surface area (Å²) in [4.78, 5) is 17.6. The van der Waals surface area contributed by atoms with E-state index in [-0.39, 0.29) is 30.2 Å². The summed E-state index contributed by atoms with van der Waals surface area (Å²) in [6.45, 7) is 4.97. The molecule has 0 aromatic rings. The number of nitrogens with two attached hydrogens (primary N) is 1. The minimum absolute atomic E-state index is 0. The first kappa shape index (κ1) is 20.0. The maximum absolute atomic E-state index is 12.8. The summed E-state index contributed by atoms with van der Waals surface area (Å²) in [6, 6.07) is 0.721. The molecule has 3 rings (SSSR count). The van der Waals surface area contributed by atoms with Gasteiger partial charge in [0.15, 0.2) is 0 Å². The van der Waals surface area contributed by atoms with Crippen molar-refractivity contribution >= 4 is 30.7 Å². The Labute approximate surface area is 147 Å². The Morgan fingerprint density at radius 1 is 0.955 bits per heavy atom. The Bertz CT molecular complexity index is 347. The van der Waals surface area contributed by atoms with Crippen molar-refractivity contribution in [3.05, 3.63) is 0 Å². The summed E-state index contributed by atoms with van der Waals surface area (Å²) in [5, 5.41) is 0. The molecule has 0 bridgehead atoms. The highest BCUT2D eigenvalue weighted by molar-refractivity contribution is 5.85. The van der Waals surface area contributed by atoms with Gasteiger partial charge in [0.1, 0.15) is 0 Å². The number of amides is 1. The van der Waals surface area contributed by atoms with E-state index in [1.54, 1.807) is 0 Å². The van der Waals surface area contributed by atoms with Crippen LogP contribution in [-0.4, -0.2) is 54.5 Å². The van der Waals surface area contributed by atoms with Crippen molar-refractivity contribution in [1.82, 2.24) is 9.80 Å². The SMILES string of the molecule is Cl.Cl.NCC1(C(=O)N2CCC(N3CCCC3)CC2)CCCC1. The van der Waals surface area contributed by atoms with E-state index in [4.69, 9.17) is 5.73 Å². The maximum Gasteiger partial charge on any atom is 0.230 e. The molecule has 6 heteroatoms. The molecule has 1 saturated carbocycles. The van der Waals surface area contributed by atoms with Crippen LogP contribution in [0.3, 0.4) is 0 Å². The zero-order chi connectivity index (χ0) is 14.0. The Hall–Kier alpha value is -0.0300. The quantitative estimate of drug-likeness (QED) is 0.849. The minimum Gasteiger partial charge on any atom is -0.342 e. The van der Waals surface area contributed by atoms with Crippen molar-refractivity contribution < 1.29 is 4.79 Å². The fourth-order valence-electron chi connectivity index (χ4n) is 4.43. The highest BCUT2D eigenvalue weighted by atomic mass is 35.5. The standard InChI is InChI=1S/C16H29N3O.2ClH/c17-13-16(7-1-2-8-16)15(20)19-11-5-14(6-12-19)18-9-3-4-10-18;;/h14H,1-13,17H2;2*1H. The lowest BCUT2D eigenvalue weighted by atomic mass is 9.84. The Morgan fingerprint density at radius 3 is 2.00 bits per heavy atom. The van der Waals surface area contributed by atoms with Crippen LogP contribution in [0.4, 0.5) is 0 Å². The molecule has 3 aliphatic rings. The van der Waals surface area contributed by atoms with E-state index in [2.05, 4.69) is 9.80 Å². The van der Waals surface area contributed by atoms with Crippen LogP contribution in [-0.2, 0) is 4.79 Å². The van der Waals surface area contributed by atoms with Crippen molar-refractivity contribution in [2.75, 3.05) is 32.7 Å². The highest BCUT2D eigenvalue weighted by Gasteiger charge is 2.43. The molecule has 1 aliphatic carbocycles. The minimum atomic E-state index is -0.208. The first-order chi connectivity index (χ1) is 9.75. The van der Waals surface area contributed by atoms with Crippen LogP contribution in [0, 0.1) is 5.41 Å². The van der Waals surface area contributed by atoms with E-state index in [0.29, 0.717) is 12.5 Å². The fraction of sp³-hybridized carbons (Fsp3) is 0.938. The Balaban J connectivity index is 0.00000121. The number of rotatable bonds is 3. The summed E-state index contributed by atoms with van der Waals surface area (Å²) in [5.74, 6) is 0.359. The summed E-state index contributed by atoms with van der Waals surface area (Å²) in [5.41, 5.74) is 5.74. The van der Waals surface area contributed by atoms with Crippen molar-refractivity contribution in [2.45, 2.75) is 57.4 Å². The molecule has 2 aliphatic heterocycles. The van der Waals surface area contributed by atoms with Gasteiger partial charge in [0.2, 0.25) is 5.91 Å². The zero-order valence-electron chi connectivity index (χ0n) is 13.5. The largest absolute Gasteiger partial charge is 0.342 e. The molecule has 2 heterocycles. The predicted octanol–water partition coefficient (Wildman–Crippen LogP) is 2.44. The van der Waals surface area contributed by atoms with E-state index in [9.17, 15) is 4.79 Å². The van der Waals surface area contributed by atoms with Gasteiger partial charge in [-0.3, -0.25) is 4.79 Å². The predicted molar refractivity (Wildman–Crippen MR) is 94.9 cm³/mol. The molecule has 130 valence electrons. The molecule has 0 spiro atoms. The maximum atomic E-state index is 12.8. The normalized spacial score (nSPS) is 25.6. The molecule has 2 saturated heterocycles. The molecule has 3 fully saturated rings. The van der Waals surface area contributed by atoms with Gasteiger partial charge >= 0.3 is 0 Å². The van der Waals surface area contributed by atoms with Crippen LogP contribution < -0.4 is 5.73 Å². The lowest BCUT2D eigenvalue weighted by Gasteiger charge is -2.40. The molecule has 1 amide bonds. The van der Waals surface area contributed by atoms with Gasteiger partial charge in [0, 0.05) is 25.7 Å². The third-order valence-corrected chi connectivity index (χ3v) is 5.81. The number of nitrogens with zero attached hydrogens (tertiary/aromatic N) is 2. The van der Waals surface area contributed by atoms with Gasteiger partial charge in [-0.05, 0) is 51.6 Å². The smallest absolute Gasteiger partial charge is 0.230 e. The van der Waals surface area contributed by atoms with Gasteiger partial charge in [0.05, 0.1) is 5.41 Å². The number of hydrogen-bond acceptors (Lipinski definition) is 3. The molecular weight excluding hydrogens is 321 g/mol. The van der Waals surface area contributed by atoms with Gasteiger partial charge in [-0.25, -0.2) is 0 Å². The van der Waals surface area contributed by atoms with Crippen molar-refractivity contribution in [3.8, 4) is 0 Å². The lowest BCUT2D eigenvalue weighted by molar-refractivity contribution is -0.143. The molecule has 22 heavy (non-hydrogen) atoms. The van der Waals surface area contributed by atoms with Crippen molar-refractivity contribution in [3.63, 3.8) is 0 Å². The number of likely N-dealkylation sites (tertiary alicyclic amines) is 2. The van der Waals surface area contributed by atoms with Crippen LogP contribution in [0.15, 0.2) is 0 Å². The lowest BCUT2D eigenvalue weighted by Crippen LogP contribution is -2.52. The zero-order valence-corrected chi connectivity index (χ0v) is 15.1. The summed E-state index contributed by atoms with van der Waals surface area (Å²) >= 11 is 0. The molecular formula is C16H31Cl2N3O. The fourth-order valence-corrected chi connectivity index (χ4v) is 4.43. The molecule has 0 radical (unpaired) electrons. The first-order valence-electron chi connectivity index (χ1n) is 8.49. The van der Waals surface area contributed by atoms with Crippen LogP contribution in [0.1, 0.15) is 51.4 Å². The van der Waals surface area contributed by atoms with Crippen LogP contribution in [0.2, 0.25) is 0 Å². The number of hydrogen-bond donors (Lipinski definition) is 1. The summed E-state index contributed by atoms with van der Waals surface area (Å²) < 4.78 is 0. The molecule has 0 atom stereocenters. The highest BCUT2D eigenvalue weighted by Crippen LogP contribution is 2.39. The van der Waals surface area contributed by atoms with Crippen molar-refractivity contribution in [1.29, 1.82) is 0 Å². The van der Waals surface area contributed by atoms with E-state index in [1.165, 1.54) is 38.8 Å². The number of halogens is 2. The van der Waals surface area contributed by atoms with E-state index < -0.39 is 0 Å². The topological polar surface area (TPSA) is 49.6 Å². The Kier molecular flexibility index (Phi) is 7.93. The third kappa shape index (κ3) is 3.89. The third-order valence-electron chi connectivity index (χ3n) is 5.81. The second-order valence-electron chi connectivity index (χ2n) is 6.96. The van der Waals surface area contributed by atoms with Gasteiger partial charge in [-0.2, -0.15) is 0 Å². The van der Waals surface area contributed by atoms with Gasteiger partial charge < -0.3 is 15.5 Å². The molecule has 0 unspecified atom stereocenters. The van der Waals surface area contributed by atoms with E-state index in [1.807, 2.05) is 0 Å². The average Bonchev–Trinajstić information content (AvgIpc) is 3.18. The van der Waals surface area contributed by atoms with Crippen LogP contribution in [0.25, 0.3) is 0 Å². The van der Waals surface area contributed by atoms with Gasteiger partial charge in [0.25, 0.3) is 0 Å². The Morgan fingerprint density at radius 2 is 1.50 bits per heavy atom. The molecule has 2 N–H and O–H groups in total. The number of carbonyl (C=O) groups is 1. The van der Waals surface area contributed by atoms with Crippen molar-refractivity contribution in [2.24, 2.45) is 11.1 Å². The average molecular weight is 352 g/mol. The molecule has 4 nitrogen and oxygen atoms in total. The molecule has 0 aromatic carbocycles. The first-order valence-corrected chi connectivity index (χ1v) is 8.49. The number of carbonyl (C=O) groups excluding carboxylic acids is 1. The second-order valence-corrected chi connectivity index (χ2v) is 6.96. The van der Waals surface area contributed by atoms with Crippen LogP contribution >= 0.6 is 24.8 Å². The number of piperidine rings is 1. The second kappa shape index (κ2) is 8.72. The summed E-state index contributed by atoms with van der Waals surface area (Å²) in [7, 11) is 0.